The van der Waals surface area contributed by atoms with E-state index < -0.39 is 23.1 Å². The van der Waals surface area contributed by atoms with Crippen molar-refractivity contribution in [1.82, 2.24) is 10.2 Å². The van der Waals surface area contributed by atoms with Gasteiger partial charge in [0, 0.05) is 0 Å². The summed E-state index contributed by atoms with van der Waals surface area (Å²) in [5.74, 6) is 0.193. The average Bonchev–Trinajstić information content (AvgIpc) is 3.24. The second-order valence-corrected chi connectivity index (χ2v) is 9.65. The van der Waals surface area contributed by atoms with Crippen LogP contribution in [0.3, 0.4) is 0 Å². The van der Waals surface area contributed by atoms with E-state index in [0.717, 1.165) is 0 Å². The Balaban J connectivity index is 1.76. The van der Waals surface area contributed by atoms with Crippen molar-refractivity contribution < 1.29 is 33.0 Å². The maximum absolute atomic E-state index is 12.0. The largest absolute Gasteiger partial charge is 0.481 e. The highest BCUT2D eigenvalue weighted by atomic mass is 16.6. The lowest BCUT2D eigenvalue weighted by Gasteiger charge is -2.19. The third kappa shape index (κ3) is 7.84. The number of esters is 2. The molecule has 0 unspecified atom stereocenters. The number of para-hydroxylation sites is 2. The number of hydrogen-bond acceptors (Lipinski definition) is 9. The lowest BCUT2D eigenvalue weighted by Crippen LogP contribution is -2.27. The number of aromatic nitrogens is 2. The Morgan fingerprint density at radius 1 is 0.686 bits per heavy atom. The van der Waals surface area contributed by atoms with Gasteiger partial charge in [-0.05, 0) is 65.8 Å². The molecular formula is C26H30N2O7. The van der Waals surface area contributed by atoms with Crippen molar-refractivity contribution in [2.45, 2.75) is 52.7 Å². The molecule has 9 heteroatoms. The van der Waals surface area contributed by atoms with Gasteiger partial charge in [-0.2, -0.15) is 0 Å². The fraction of sp³-hybridized carbons (Fsp3) is 0.385. The van der Waals surface area contributed by atoms with Crippen LogP contribution in [0.4, 0.5) is 0 Å². The minimum absolute atomic E-state index is 0.196. The van der Waals surface area contributed by atoms with Gasteiger partial charge in [0.25, 0.3) is 11.8 Å². The van der Waals surface area contributed by atoms with Crippen LogP contribution in [-0.2, 0) is 19.1 Å². The van der Waals surface area contributed by atoms with Gasteiger partial charge in [-0.25, -0.2) is 9.59 Å². The zero-order chi connectivity index (χ0) is 25.6. The fourth-order valence-corrected chi connectivity index (χ4v) is 2.99. The summed E-state index contributed by atoms with van der Waals surface area (Å²) in [6.45, 7) is 10.2. The summed E-state index contributed by atoms with van der Waals surface area (Å²) in [4.78, 5) is 24.1. The number of carbonyl (C=O) groups excluding carboxylic acids is 2. The molecule has 0 fully saturated rings. The summed E-state index contributed by atoms with van der Waals surface area (Å²) in [7, 11) is 0. The predicted octanol–water partition coefficient (Wildman–Crippen LogP) is 4.84. The molecule has 0 radical (unpaired) electrons. The molecular weight excluding hydrogens is 452 g/mol. The van der Waals surface area contributed by atoms with E-state index in [1.807, 2.05) is 0 Å². The van der Waals surface area contributed by atoms with E-state index in [1.165, 1.54) is 0 Å². The topological polar surface area (TPSA) is 110 Å². The van der Waals surface area contributed by atoms with Crippen LogP contribution in [0.25, 0.3) is 22.9 Å². The van der Waals surface area contributed by atoms with Crippen molar-refractivity contribution in [3.63, 3.8) is 0 Å². The molecule has 35 heavy (non-hydrogen) atoms. The highest BCUT2D eigenvalue weighted by Crippen LogP contribution is 2.34. The van der Waals surface area contributed by atoms with Gasteiger partial charge < -0.3 is 23.4 Å². The van der Waals surface area contributed by atoms with Crippen LogP contribution in [0.5, 0.6) is 11.5 Å². The number of ether oxygens (including phenoxy) is 4. The first kappa shape index (κ1) is 25.7. The minimum Gasteiger partial charge on any atom is -0.481 e. The molecule has 0 saturated heterocycles. The summed E-state index contributed by atoms with van der Waals surface area (Å²) >= 11 is 0. The SMILES string of the molecule is CC(C)(C)OC(=O)COc1ccccc1-c1nnc(-c2ccccc2OCC(=O)OC(C)(C)C)o1. The quantitative estimate of drug-likeness (QED) is 0.416. The Kier molecular flexibility index (Phi) is 7.78. The standard InChI is InChI=1S/C26H30N2O7/c1-25(2,3)34-21(29)15-31-19-13-9-7-11-17(19)23-27-28-24(33-23)18-12-8-10-14-20(18)32-16-22(30)35-26(4,5)6/h7-14H,15-16H2,1-6H3. The van der Waals surface area contributed by atoms with E-state index in [2.05, 4.69) is 10.2 Å². The number of hydrogen-bond donors (Lipinski definition) is 0. The maximum Gasteiger partial charge on any atom is 0.344 e. The summed E-state index contributed by atoms with van der Waals surface area (Å²) in [6, 6.07) is 14.0. The van der Waals surface area contributed by atoms with Gasteiger partial charge in [0.05, 0.1) is 11.1 Å². The number of rotatable bonds is 8. The van der Waals surface area contributed by atoms with Crippen LogP contribution in [-0.4, -0.2) is 46.6 Å². The molecule has 0 saturated carbocycles. The van der Waals surface area contributed by atoms with Crippen molar-refractivity contribution in [1.29, 1.82) is 0 Å². The second kappa shape index (κ2) is 10.6. The van der Waals surface area contributed by atoms with E-state index in [0.29, 0.717) is 22.6 Å². The molecule has 0 N–H and O–H groups in total. The van der Waals surface area contributed by atoms with Gasteiger partial charge in [0.2, 0.25) is 0 Å². The molecule has 1 heterocycles. The zero-order valence-corrected chi connectivity index (χ0v) is 20.8. The van der Waals surface area contributed by atoms with Gasteiger partial charge in [-0.3, -0.25) is 0 Å². The van der Waals surface area contributed by atoms with Crippen LogP contribution in [0.15, 0.2) is 52.9 Å². The van der Waals surface area contributed by atoms with E-state index >= 15 is 0 Å². The summed E-state index contributed by atoms with van der Waals surface area (Å²) in [5.41, 5.74) is -0.190. The van der Waals surface area contributed by atoms with Crippen molar-refractivity contribution in [2.75, 3.05) is 13.2 Å². The molecule has 0 amide bonds. The summed E-state index contributed by atoms with van der Waals surface area (Å²) < 4.78 is 27.8. The van der Waals surface area contributed by atoms with Crippen LogP contribution in [0, 0.1) is 0 Å². The summed E-state index contributed by atoms with van der Waals surface area (Å²) in [6.07, 6.45) is 0. The van der Waals surface area contributed by atoms with Crippen molar-refractivity contribution in [2.24, 2.45) is 0 Å². The number of benzene rings is 2. The molecule has 0 spiro atoms. The molecule has 9 nitrogen and oxygen atoms in total. The zero-order valence-electron chi connectivity index (χ0n) is 20.8. The average molecular weight is 483 g/mol. The van der Waals surface area contributed by atoms with Gasteiger partial charge in [-0.1, -0.05) is 24.3 Å². The maximum atomic E-state index is 12.0. The summed E-state index contributed by atoms with van der Waals surface area (Å²) in [5, 5.41) is 8.27. The molecule has 3 aromatic rings. The van der Waals surface area contributed by atoms with Gasteiger partial charge in [-0.15, -0.1) is 10.2 Å². The van der Waals surface area contributed by atoms with Crippen molar-refractivity contribution >= 4 is 11.9 Å². The smallest absolute Gasteiger partial charge is 0.344 e. The molecule has 1 aromatic heterocycles. The van der Waals surface area contributed by atoms with Crippen molar-refractivity contribution in [3.8, 4) is 34.4 Å². The van der Waals surface area contributed by atoms with Gasteiger partial charge >= 0.3 is 11.9 Å². The van der Waals surface area contributed by atoms with Gasteiger partial charge in [0.15, 0.2) is 13.2 Å². The molecule has 3 rings (SSSR count). The van der Waals surface area contributed by atoms with E-state index in [-0.39, 0.29) is 25.0 Å². The van der Waals surface area contributed by atoms with E-state index in [4.69, 9.17) is 23.4 Å². The first-order chi connectivity index (χ1) is 16.4. The third-order valence-corrected chi connectivity index (χ3v) is 4.19. The molecule has 0 aliphatic rings. The lowest BCUT2D eigenvalue weighted by atomic mass is 10.2. The van der Waals surface area contributed by atoms with Crippen LogP contribution in [0.1, 0.15) is 41.5 Å². The van der Waals surface area contributed by atoms with Crippen molar-refractivity contribution in [3.05, 3.63) is 48.5 Å². The molecule has 0 bridgehead atoms. The van der Waals surface area contributed by atoms with Crippen LogP contribution < -0.4 is 9.47 Å². The molecule has 0 aliphatic carbocycles. The fourth-order valence-electron chi connectivity index (χ4n) is 2.99. The van der Waals surface area contributed by atoms with Crippen LogP contribution >= 0.6 is 0 Å². The number of carbonyl (C=O) groups is 2. The van der Waals surface area contributed by atoms with Gasteiger partial charge in [0.1, 0.15) is 22.7 Å². The highest BCUT2D eigenvalue weighted by molar-refractivity contribution is 5.73. The Morgan fingerprint density at radius 3 is 1.43 bits per heavy atom. The minimum atomic E-state index is -0.611. The van der Waals surface area contributed by atoms with E-state index in [1.54, 1.807) is 90.1 Å². The molecule has 0 atom stereocenters. The number of nitrogens with zero attached hydrogens (tertiary/aromatic N) is 2. The molecule has 0 aliphatic heterocycles. The third-order valence-electron chi connectivity index (χ3n) is 4.19. The monoisotopic (exact) mass is 482 g/mol. The Labute approximate surface area is 204 Å². The predicted molar refractivity (Wildman–Crippen MR) is 128 cm³/mol. The first-order valence-electron chi connectivity index (χ1n) is 11.1. The van der Waals surface area contributed by atoms with Crippen LogP contribution in [0.2, 0.25) is 0 Å². The highest BCUT2D eigenvalue weighted by Gasteiger charge is 2.21. The second-order valence-electron chi connectivity index (χ2n) is 9.65. The Bertz CT molecular complexity index is 1080. The Morgan fingerprint density at radius 2 is 1.06 bits per heavy atom. The normalized spacial score (nSPS) is 11.6. The lowest BCUT2D eigenvalue weighted by molar-refractivity contribution is -0.158. The van der Waals surface area contributed by atoms with E-state index in [9.17, 15) is 9.59 Å². The molecule has 2 aromatic carbocycles. The first-order valence-corrected chi connectivity index (χ1v) is 11.1. The molecule has 186 valence electrons. The Hall–Kier alpha value is -3.88.